The highest BCUT2D eigenvalue weighted by molar-refractivity contribution is 5.95. The number of benzene rings is 1. The van der Waals surface area contributed by atoms with Gasteiger partial charge in [-0.15, -0.1) is 0 Å². The summed E-state index contributed by atoms with van der Waals surface area (Å²) < 4.78 is 1.77. The first-order valence-electron chi connectivity index (χ1n) is 9.24. The van der Waals surface area contributed by atoms with E-state index >= 15 is 0 Å². The van der Waals surface area contributed by atoms with Crippen LogP contribution in [0.1, 0.15) is 58.2 Å². The van der Waals surface area contributed by atoms with Crippen LogP contribution in [-0.4, -0.2) is 31.9 Å². The summed E-state index contributed by atoms with van der Waals surface area (Å²) in [6, 6.07) is 10.6. The van der Waals surface area contributed by atoms with E-state index in [-0.39, 0.29) is 11.9 Å². The molecule has 26 heavy (non-hydrogen) atoms. The molecule has 0 spiro atoms. The number of hydrogen-bond acceptors (Lipinski definition) is 3. The molecule has 5 nitrogen and oxygen atoms in total. The van der Waals surface area contributed by atoms with E-state index in [1.165, 1.54) is 11.1 Å². The fourth-order valence-electron chi connectivity index (χ4n) is 3.84. The van der Waals surface area contributed by atoms with Gasteiger partial charge in [-0.05, 0) is 45.6 Å². The summed E-state index contributed by atoms with van der Waals surface area (Å²) in [6.07, 6.45) is 4.90. The molecule has 4 rings (SSSR count). The molecular formula is C21H24N4O. The Morgan fingerprint density at radius 2 is 1.88 bits per heavy atom. The molecule has 1 amide bonds. The van der Waals surface area contributed by atoms with Crippen LogP contribution in [0.2, 0.25) is 0 Å². The zero-order valence-corrected chi connectivity index (χ0v) is 15.6. The first-order chi connectivity index (χ1) is 12.5. The van der Waals surface area contributed by atoms with Gasteiger partial charge in [0.05, 0.1) is 23.0 Å². The van der Waals surface area contributed by atoms with Crippen molar-refractivity contribution in [2.24, 2.45) is 0 Å². The highest BCUT2D eigenvalue weighted by Crippen LogP contribution is 2.32. The fourth-order valence-corrected chi connectivity index (χ4v) is 3.84. The van der Waals surface area contributed by atoms with E-state index in [1.807, 2.05) is 24.8 Å². The normalized spacial score (nSPS) is 17.7. The van der Waals surface area contributed by atoms with E-state index in [0.717, 1.165) is 42.8 Å². The minimum atomic E-state index is 0.0512. The fraction of sp³-hybridized carbons (Fsp3) is 0.381. The first kappa shape index (κ1) is 16.8. The Balaban J connectivity index is 1.71. The SMILES string of the molecule is Cc1ccc(C2CCCCN2C(=O)c2cnc3cc(C)nn3c2C)cc1. The van der Waals surface area contributed by atoms with Crippen LogP contribution in [0.15, 0.2) is 36.5 Å². The molecule has 0 aliphatic carbocycles. The third-order valence-electron chi connectivity index (χ3n) is 5.30. The molecule has 2 aromatic heterocycles. The van der Waals surface area contributed by atoms with E-state index in [0.29, 0.717) is 5.56 Å². The molecule has 3 aromatic rings. The summed E-state index contributed by atoms with van der Waals surface area (Å²) in [4.78, 5) is 19.8. The van der Waals surface area contributed by atoms with Gasteiger partial charge in [0, 0.05) is 18.8 Å². The zero-order chi connectivity index (χ0) is 18.3. The Morgan fingerprint density at radius 3 is 2.65 bits per heavy atom. The Morgan fingerprint density at radius 1 is 1.12 bits per heavy atom. The summed E-state index contributed by atoms with van der Waals surface area (Å²) >= 11 is 0. The number of aromatic nitrogens is 3. The largest absolute Gasteiger partial charge is 0.332 e. The standard InChI is InChI=1S/C21H24N4O/c1-14-7-9-17(10-8-14)19-6-4-5-11-24(19)21(26)18-13-22-20-12-15(2)23-25(20)16(18)3/h7-10,12-13,19H,4-6,11H2,1-3H3. The number of piperidine rings is 1. The monoisotopic (exact) mass is 348 g/mol. The maximum atomic E-state index is 13.4. The summed E-state index contributed by atoms with van der Waals surface area (Å²) in [5.74, 6) is 0.0512. The average molecular weight is 348 g/mol. The smallest absolute Gasteiger partial charge is 0.257 e. The Kier molecular flexibility index (Phi) is 4.23. The molecule has 1 atom stereocenters. The number of rotatable bonds is 2. The van der Waals surface area contributed by atoms with Crippen molar-refractivity contribution in [2.45, 2.75) is 46.1 Å². The predicted octanol–water partition coefficient (Wildman–Crippen LogP) is 4.02. The number of carbonyl (C=O) groups excluding carboxylic acids is 1. The molecule has 1 aliphatic rings. The number of amides is 1. The van der Waals surface area contributed by atoms with Crippen molar-refractivity contribution in [3.05, 3.63) is 64.6 Å². The van der Waals surface area contributed by atoms with E-state index in [9.17, 15) is 4.79 Å². The summed E-state index contributed by atoms with van der Waals surface area (Å²) in [5, 5.41) is 4.47. The molecule has 134 valence electrons. The van der Waals surface area contributed by atoms with Gasteiger partial charge in [0.25, 0.3) is 5.91 Å². The highest BCUT2D eigenvalue weighted by Gasteiger charge is 2.30. The van der Waals surface area contributed by atoms with E-state index < -0.39 is 0 Å². The van der Waals surface area contributed by atoms with Crippen molar-refractivity contribution in [3.8, 4) is 0 Å². The number of aryl methyl sites for hydroxylation is 3. The molecule has 0 saturated carbocycles. The highest BCUT2D eigenvalue weighted by atomic mass is 16.2. The van der Waals surface area contributed by atoms with Gasteiger partial charge in [0.1, 0.15) is 0 Å². The Labute approximate surface area is 153 Å². The van der Waals surface area contributed by atoms with Crippen LogP contribution in [0, 0.1) is 20.8 Å². The second-order valence-corrected chi connectivity index (χ2v) is 7.23. The maximum absolute atomic E-state index is 13.4. The summed E-state index contributed by atoms with van der Waals surface area (Å²) in [7, 11) is 0. The van der Waals surface area contributed by atoms with E-state index in [1.54, 1.807) is 10.7 Å². The van der Waals surface area contributed by atoms with E-state index in [2.05, 4.69) is 41.3 Å². The molecule has 1 aromatic carbocycles. The van der Waals surface area contributed by atoms with E-state index in [4.69, 9.17) is 0 Å². The van der Waals surface area contributed by atoms with Crippen LogP contribution in [0.4, 0.5) is 0 Å². The third-order valence-corrected chi connectivity index (χ3v) is 5.30. The van der Waals surface area contributed by atoms with Crippen LogP contribution in [0.25, 0.3) is 5.65 Å². The minimum Gasteiger partial charge on any atom is -0.332 e. The van der Waals surface area contributed by atoms with Crippen molar-refractivity contribution in [3.63, 3.8) is 0 Å². The zero-order valence-electron chi connectivity index (χ0n) is 15.6. The summed E-state index contributed by atoms with van der Waals surface area (Å²) in [6.45, 7) is 6.75. The molecular weight excluding hydrogens is 324 g/mol. The summed E-state index contributed by atoms with van der Waals surface area (Å²) in [5.41, 5.74) is 5.62. The van der Waals surface area contributed by atoms with Crippen LogP contribution < -0.4 is 0 Å². The lowest BCUT2D eigenvalue weighted by Gasteiger charge is -2.36. The number of likely N-dealkylation sites (tertiary alicyclic amines) is 1. The van der Waals surface area contributed by atoms with Gasteiger partial charge in [0.15, 0.2) is 5.65 Å². The molecule has 1 unspecified atom stereocenters. The Bertz CT molecular complexity index is 958. The van der Waals surface area contributed by atoms with Gasteiger partial charge in [-0.2, -0.15) is 5.10 Å². The van der Waals surface area contributed by atoms with Gasteiger partial charge in [-0.3, -0.25) is 4.79 Å². The van der Waals surface area contributed by atoms with Crippen LogP contribution in [0.3, 0.4) is 0 Å². The number of fused-ring (bicyclic) bond motifs is 1. The number of carbonyl (C=O) groups is 1. The van der Waals surface area contributed by atoms with Gasteiger partial charge < -0.3 is 4.90 Å². The number of nitrogens with zero attached hydrogens (tertiary/aromatic N) is 4. The molecule has 3 heterocycles. The first-order valence-corrected chi connectivity index (χ1v) is 9.24. The predicted molar refractivity (Wildman–Crippen MR) is 101 cm³/mol. The lowest BCUT2D eigenvalue weighted by molar-refractivity contribution is 0.0609. The number of hydrogen-bond donors (Lipinski definition) is 0. The lowest BCUT2D eigenvalue weighted by atomic mass is 9.94. The van der Waals surface area contributed by atoms with Crippen molar-refractivity contribution in [1.82, 2.24) is 19.5 Å². The molecule has 0 radical (unpaired) electrons. The van der Waals surface area contributed by atoms with Crippen molar-refractivity contribution < 1.29 is 4.79 Å². The molecule has 0 N–H and O–H groups in total. The molecule has 0 bridgehead atoms. The quantitative estimate of drug-likeness (QED) is 0.703. The second kappa shape index (κ2) is 6.56. The lowest BCUT2D eigenvalue weighted by Crippen LogP contribution is -2.39. The van der Waals surface area contributed by atoms with Crippen molar-refractivity contribution in [2.75, 3.05) is 6.54 Å². The third kappa shape index (κ3) is 2.87. The van der Waals surface area contributed by atoms with Gasteiger partial charge >= 0.3 is 0 Å². The van der Waals surface area contributed by atoms with Crippen molar-refractivity contribution in [1.29, 1.82) is 0 Å². The topological polar surface area (TPSA) is 50.5 Å². The Hall–Kier alpha value is -2.69. The molecule has 1 fully saturated rings. The van der Waals surface area contributed by atoms with Gasteiger partial charge in [0.2, 0.25) is 0 Å². The maximum Gasteiger partial charge on any atom is 0.257 e. The van der Waals surface area contributed by atoms with Gasteiger partial charge in [-0.25, -0.2) is 9.50 Å². The molecule has 5 heteroatoms. The van der Waals surface area contributed by atoms with Crippen LogP contribution >= 0.6 is 0 Å². The minimum absolute atomic E-state index is 0.0512. The molecule has 1 saturated heterocycles. The van der Waals surface area contributed by atoms with Crippen LogP contribution in [0.5, 0.6) is 0 Å². The average Bonchev–Trinajstić information content (AvgIpc) is 3.04. The van der Waals surface area contributed by atoms with Gasteiger partial charge in [-0.1, -0.05) is 29.8 Å². The van der Waals surface area contributed by atoms with Crippen LogP contribution in [-0.2, 0) is 0 Å². The second-order valence-electron chi connectivity index (χ2n) is 7.23. The van der Waals surface area contributed by atoms with Crippen molar-refractivity contribution >= 4 is 11.6 Å². The molecule has 1 aliphatic heterocycles.